The lowest BCUT2D eigenvalue weighted by Crippen LogP contribution is -2.47. The van der Waals surface area contributed by atoms with Crippen molar-refractivity contribution in [2.24, 2.45) is 0 Å². The van der Waals surface area contributed by atoms with Crippen LogP contribution in [-0.4, -0.2) is 21.6 Å². The normalized spacial score (nSPS) is 12.8. The average molecular weight is 344 g/mol. The van der Waals surface area contributed by atoms with Crippen LogP contribution in [0.3, 0.4) is 0 Å². The molecule has 1 atom stereocenters. The van der Waals surface area contributed by atoms with E-state index >= 15 is 0 Å². The highest BCUT2D eigenvalue weighted by atomic mass is 79.9. The maximum atomic E-state index is 13.6. The first-order valence-electron chi connectivity index (χ1n) is 6.26. The van der Waals surface area contributed by atoms with Crippen molar-refractivity contribution in [1.29, 1.82) is 0 Å². The molecule has 3 nitrogen and oxygen atoms in total. The molecule has 1 aromatic carbocycles. The van der Waals surface area contributed by atoms with Crippen molar-refractivity contribution in [3.63, 3.8) is 0 Å². The van der Waals surface area contributed by atoms with Crippen LogP contribution in [0.1, 0.15) is 38.8 Å². The van der Waals surface area contributed by atoms with E-state index in [1.165, 1.54) is 17.0 Å². The zero-order valence-electron chi connectivity index (χ0n) is 11.9. The fourth-order valence-electron chi connectivity index (χ4n) is 2.20. The molecular formula is C15H19BrFNO2. The van der Waals surface area contributed by atoms with Crippen molar-refractivity contribution < 1.29 is 14.3 Å². The molecule has 0 saturated heterocycles. The fraction of sp³-hybridized carbons (Fsp3) is 0.400. The molecule has 0 saturated carbocycles. The highest BCUT2D eigenvalue weighted by molar-refractivity contribution is 9.10. The van der Waals surface area contributed by atoms with E-state index in [9.17, 15) is 14.3 Å². The molecule has 0 fully saturated rings. The van der Waals surface area contributed by atoms with Crippen LogP contribution < -0.4 is 0 Å². The van der Waals surface area contributed by atoms with Gasteiger partial charge in [-0.05, 0) is 51.0 Å². The summed E-state index contributed by atoms with van der Waals surface area (Å²) in [6.07, 6.45) is 1.02. The van der Waals surface area contributed by atoms with Crippen molar-refractivity contribution >= 4 is 22.0 Å². The molecular weight excluding hydrogens is 325 g/mol. The Hall–Kier alpha value is -1.36. The molecule has 0 bridgehead atoms. The summed E-state index contributed by atoms with van der Waals surface area (Å²) in [4.78, 5) is 12.9. The predicted octanol–water partition coefficient (Wildman–Crippen LogP) is 4.98. The minimum atomic E-state index is -1.04. The Morgan fingerprint density at radius 3 is 2.50 bits per heavy atom. The second kappa shape index (κ2) is 6.39. The van der Waals surface area contributed by atoms with Crippen LogP contribution in [0.5, 0.6) is 0 Å². The largest absolute Gasteiger partial charge is 0.465 e. The van der Waals surface area contributed by atoms with E-state index in [4.69, 9.17) is 0 Å². The molecule has 0 spiro atoms. The minimum absolute atomic E-state index is 0.400. The molecule has 1 unspecified atom stereocenters. The predicted molar refractivity (Wildman–Crippen MR) is 81.3 cm³/mol. The highest BCUT2D eigenvalue weighted by Crippen LogP contribution is 2.33. The van der Waals surface area contributed by atoms with Crippen LogP contribution in [0.4, 0.5) is 9.18 Å². The van der Waals surface area contributed by atoms with Gasteiger partial charge in [0.15, 0.2) is 0 Å². The number of carbonyl (C=O) groups is 1. The Labute approximate surface area is 127 Å². The standard InChI is InChI=1S/C15H19BrFNO2/c1-5-6-13(18(14(19)20)15(2,3)4)10-7-11(16)9-12(17)8-10/h5,7-9,13H,1,6H2,2-4H3,(H,19,20). The molecule has 1 aromatic rings. The van der Waals surface area contributed by atoms with Gasteiger partial charge in [0.25, 0.3) is 0 Å². The van der Waals surface area contributed by atoms with Crippen LogP contribution in [0.25, 0.3) is 0 Å². The van der Waals surface area contributed by atoms with Gasteiger partial charge in [-0.2, -0.15) is 0 Å². The molecule has 0 aliphatic rings. The SMILES string of the molecule is C=CCC(c1cc(F)cc(Br)c1)N(C(=O)O)C(C)(C)C. The number of carboxylic acid groups (broad SMARTS) is 1. The third-order valence-electron chi connectivity index (χ3n) is 2.90. The van der Waals surface area contributed by atoms with E-state index in [0.717, 1.165) is 0 Å². The van der Waals surface area contributed by atoms with E-state index in [1.807, 2.05) is 20.8 Å². The van der Waals surface area contributed by atoms with Crippen molar-refractivity contribution in [2.45, 2.75) is 38.8 Å². The highest BCUT2D eigenvalue weighted by Gasteiger charge is 2.33. The van der Waals surface area contributed by atoms with Crippen molar-refractivity contribution in [3.8, 4) is 0 Å². The van der Waals surface area contributed by atoms with E-state index in [-0.39, 0.29) is 0 Å². The van der Waals surface area contributed by atoms with Gasteiger partial charge in [-0.15, -0.1) is 6.58 Å². The number of nitrogens with zero attached hydrogens (tertiary/aromatic N) is 1. The zero-order valence-corrected chi connectivity index (χ0v) is 13.4. The maximum Gasteiger partial charge on any atom is 0.408 e. The van der Waals surface area contributed by atoms with E-state index < -0.39 is 23.5 Å². The Bertz CT molecular complexity index is 491. The maximum absolute atomic E-state index is 13.6. The topological polar surface area (TPSA) is 40.5 Å². The summed E-state index contributed by atoms with van der Waals surface area (Å²) in [6.45, 7) is 9.10. The van der Waals surface area contributed by atoms with Crippen molar-refractivity contribution in [2.75, 3.05) is 0 Å². The third kappa shape index (κ3) is 4.07. The quantitative estimate of drug-likeness (QED) is 0.782. The van der Waals surface area contributed by atoms with Gasteiger partial charge >= 0.3 is 6.09 Å². The molecule has 5 heteroatoms. The van der Waals surface area contributed by atoms with Crippen LogP contribution in [0, 0.1) is 5.82 Å². The summed E-state index contributed by atoms with van der Waals surface area (Å²) in [5, 5.41) is 9.49. The van der Waals surface area contributed by atoms with Gasteiger partial charge in [-0.3, -0.25) is 4.90 Å². The second-order valence-electron chi connectivity index (χ2n) is 5.57. The van der Waals surface area contributed by atoms with Gasteiger partial charge in [0.05, 0.1) is 6.04 Å². The smallest absolute Gasteiger partial charge is 0.408 e. The molecule has 0 aromatic heterocycles. The van der Waals surface area contributed by atoms with Gasteiger partial charge in [0, 0.05) is 10.0 Å². The van der Waals surface area contributed by atoms with Gasteiger partial charge in [-0.25, -0.2) is 9.18 Å². The number of halogens is 2. The first kappa shape index (κ1) is 16.7. The van der Waals surface area contributed by atoms with Gasteiger partial charge in [-0.1, -0.05) is 22.0 Å². The zero-order chi connectivity index (χ0) is 15.5. The molecule has 1 N–H and O–H groups in total. The Morgan fingerprint density at radius 1 is 1.50 bits per heavy atom. The Balaban J connectivity index is 3.34. The van der Waals surface area contributed by atoms with Gasteiger partial charge in [0.2, 0.25) is 0 Å². The molecule has 110 valence electrons. The number of hydrogen-bond acceptors (Lipinski definition) is 1. The lowest BCUT2D eigenvalue weighted by atomic mass is 9.96. The summed E-state index contributed by atoms with van der Waals surface area (Å²) < 4.78 is 14.2. The minimum Gasteiger partial charge on any atom is -0.465 e. The number of amides is 1. The van der Waals surface area contributed by atoms with Crippen LogP contribution in [-0.2, 0) is 0 Å². The molecule has 1 rings (SSSR count). The lowest BCUT2D eigenvalue weighted by Gasteiger charge is -2.39. The third-order valence-corrected chi connectivity index (χ3v) is 3.36. The Kier molecular flexibility index (Phi) is 5.34. The first-order chi connectivity index (χ1) is 9.16. The van der Waals surface area contributed by atoms with E-state index in [0.29, 0.717) is 16.5 Å². The first-order valence-corrected chi connectivity index (χ1v) is 7.05. The second-order valence-corrected chi connectivity index (χ2v) is 6.48. The van der Waals surface area contributed by atoms with Crippen molar-refractivity contribution in [3.05, 3.63) is 46.7 Å². The molecule has 0 aliphatic heterocycles. The molecule has 0 aliphatic carbocycles. The fourth-order valence-corrected chi connectivity index (χ4v) is 2.69. The summed E-state index contributed by atoms with van der Waals surface area (Å²) in [5.74, 6) is -0.400. The summed E-state index contributed by atoms with van der Waals surface area (Å²) >= 11 is 3.24. The lowest BCUT2D eigenvalue weighted by molar-refractivity contribution is 0.0703. The molecule has 0 heterocycles. The number of hydrogen-bond donors (Lipinski definition) is 1. The average Bonchev–Trinajstić information content (AvgIpc) is 2.24. The van der Waals surface area contributed by atoms with Crippen LogP contribution in [0.2, 0.25) is 0 Å². The van der Waals surface area contributed by atoms with Crippen LogP contribution in [0.15, 0.2) is 35.3 Å². The van der Waals surface area contributed by atoms with Gasteiger partial charge < -0.3 is 5.11 Å². The molecule has 1 amide bonds. The monoisotopic (exact) mass is 343 g/mol. The van der Waals surface area contributed by atoms with E-state index in [1.54, 1.807) is 12.1 Å². The van der Waals surface area contributed by atoms with Crippen molar-refractivity contribution in [1.82, 2.24) is 4.90 Å². The molecule has 0 radical (unpaired) electrons. The summed E-state index contributed by atoms with van der Waals surface area (Å²) in [6, 6.07) is 3.97. The van der Waals surface area contributed by atoms with Gasteiger partial charge in [0.1, 0.15) is 5.82 Å². The Morgan fingerprint density at radius 2 is 2.10 bits per heavy atom. The number of benzene rings is 1. The van der Waals surface area contributed by atoms with Crippen LogP contribution >= 0.6 is 15.9 Å². The molecule has 20 heavy (non-hydrogen) atoms. The summed E-state index contributed by atoms with van der Waals surface area (Å²) in [7, 11) is 0. The summed E-state index contributed by atoms with van der Waals surface area (Å²) in [5.41, 5.74) is 0.00674. The van der Waals surface area contributed by atoms with E-state index in [2.05, 4.69) is 22.5 Å². The number of rotatable bonds is 4.